The van der Waals surface area contributed by atoms with Crippen molar-refractivity contribution in [3.8, 4) is 11.5 Å². The maximum Gasteiger partial charge on any atom is 0.315 e. The summed E-state index contributed by atoms with van der Waals surface area (Å²) < 4.78 is 11.2. The first-order chi connectivity index (χ1) is 11.3. The third kappa shape index (κ3) is 3.09. The largest absolute Gasteiger partial charge is 0.486 e. The van der Waals surface area contributed by atoms with Crippen LogP contribution < -0.4 is 20.1 Å². The molecule has 1 aromatic rings. The number of fused-ring (bicyclic) bond motifs is 1. The van der Waals surface area contributed by atoms with Crippen LogP contribution in [0.15, 0.2) is 18.2 Å². The monoisotopic (exact) mass is 316 g/mol. The Kier molecular flexibility index (Phi) is 3.79. The van der Waals surface area contributed by atoms with Gasteiger partial charge in [0.25, 0.3) is 0 Å². The molecule has 0 aromatic heterocycles. The molecule has 1 aromatic carbocycles. The number of ether oxygens (including phenoxy) is 2. The minimum atomic E-state index is -0.228. The van der Waals surface area contributed by atoms with Crippen LogP contribution in [0.25, 0.3) is 0 Å². The molecule has 0 spiro atoms. The molecule has 1 aliphatic heterocycles. The van der Waals surface area contributed by atoms with Gasteiger partial charge < -0.3 is 20.1 Å². The second-order valence-electron chi connectivity index (χ2n) is 6.87. The lowest BCUT2D eigenvalue weighted by atomic mass is 9.96. The van der Waals surface area contributed by atoms with Crippen LogP contribution >= 0.6 is 0 Å². The average molecular weight is 316 g/mol. The average Bonchev–Trinajstić information content (AvgIpc) is 3.36. The van der Waals surface area contributed by atoms with E-state index in [1.54, 1.807) is 0 Å². The lowest BCUT2D eigenvalue weighted by Gasteiger charge is -2.26. The van der Waals surface area contributed by atoms with Crippen molar-refractivity contribution in [1.29, 1.82) is 0 Å². The van der Waals surface area contributed by atoms with E-state index in [0.717, 1.165) is 42.7 Å². The van der Waals surface area contributed by atoms with Gasteiger partial charge in [0.2, 0.25) is 0 Å². The normalized spacial score (nSPS) is 22.3. The van der Waals surface area contributed by atoms with Crippen LogP contribution in [-0.2, 0) is 5.54 Å². The van der Waals surface area contributed by atoms with Gasteiger partial charge in [0.05, 0.1) is 5.54 Å². The van der Waals surface area contributed by atoms with Crippen molar-refractivity contribution in [3.63, 3.8) is 0 Å². The van der Waals surface area contributed by atoms with E-state index in [2.05, 4.69) is 10.6 Å². The highest BCUT2D eigenvalue weighted by molar-refractivity contribution is 5.76. The molecule has 0 radical (unpaired) electrons. The first kappa shape index (κ1) is 14.7. The third-order valence-electron chi connectivity index (χ3n) is 5.14. The molecule has 23 heavy (non-hydrogen) atoms. The van der Waals surface area contributed by atoms with Gasteiger partial charge in [-0.05, 0) is 43.4 Å². The first-order valence-electron chi connectivity index (χ1n) is 8.74. The van der Waals surface area contributed by atoms with Crippen LogP contribution in [0.3, 0.4) is 0 Å². The molecule has 1 heterocycles. The maximum atomic E-state index is 12.4. The fraction of sp³-hybridized carbons (Fsp3) is 0.611. The van der Waals surface area contributed by atoms with Crippen molar-refractivity contribution in [2.75, 3.05) is 13.2 Å². The van der Waals surface area contributed by atoms with Crippen LogP contribution in [0, 0.1) is 0 Å². The van der Waals surface area contributed by atoms with Crippen molar-refractivity contribution in [2.45, 2.75) is 56.5 Å². The van der Waals surface area contributed by atoms with Crippen LogP contribution in [0.2, 0.25) is 0 Å². The lowest BCUT2D eigenvalue weighted by molar-refractivity contribution is 0.171. The van der Waals surface area contributed by atoms with Crippen molar-refractivity contribution in [1.82, 2.24) is 10.6 Å². The number of rotatable bonds is 3. The summed E-state index contributed by atoms with van der Waals surface area (Å²) in [5.74, 6) is 1.58. The Balaban J connectivity index is 1.42. The second kappa shape index (κ2) is 5.95. The van der Waals surface area contributed by atoms with Crippen LogP contribution in [-0.4, -0.2) is 25.3 Å². The van der Waals surface area contributed by atoms with Crippen molar-refractivity contribution in [3.05, 3.63) is 23.8 Å². The maximum absolute atomic E-state index is 12.4. The molecule has 2 aliphatic carbocycles. The van der Waals surface area contributed by atoms with E-state index in [1.807, 2.05) is 18.2 Å². The van der Waals surface area contributed by atoms with Gasteiger partial charge in [-0.15, -0.1) is 0 Å². The zero-order valence-electron chi connectivity index (χ0n) is 13.4. The van der Waals surface area contributed by atoms with Gasteiger partial charge in [-0.2, -0.15) is 0 Å². The molecule has 3 aliphatic rings. The van der Waals surface area contributed by atoms with E-state index in [9.17, 15) is 4.79 Å². The first-order valence-corrected chi connectivity index (χ1v) is 8.74. The van der Waals surface area contributed by atoms with Crippen LogP contribution in [0.5, 0.6) is 11.5 Å². The SMILES string of the molecule is O=C(NC1CCCCC1)NC1(c2ccc3c(c2)OCCO3)CC1. The molecule has 2 amide bonds. The zero-order chi connectivity index (χ0) is 15.7. The molecule has 2 N–H and O–H groups in total. The van der Waals surface area contributed by atoms with E-state index >= 15 is 0 Å². The summed E-state index contributed by atoms with van der Waals surface area (Å²) in [5.41, 5.74) is 0.884. The van der Waals surface area contributed by atoms with E-state index in [1.165, 1.54) is 19.3 Å². The Bertz CT molecular complexity index is 592. The summed E-state index contributed by atoms with van der Waals surface area (Å²) in [6.07, 6.45) is 7.89. The van der Waals surface area contributed by atoms with Gasteiger partial charge in [0, 0.05) is 6.04 Å². The molecule has 5 nitrogen and oxygen atoms in total. The fourth-order valence-corrected chi connectivity index (χ4v) is 3.64. The molecular weight excluding hydrogens is 292 g/mol. The molecular formula is C18H24N2O3. The van der Waals surface area contributed by atoms with Crippen LogP contribution in [0.4, 0.5) is 4.79 Å². The number of carbonyl (C=O) groups is 1. The highest BCUT2D eigenvalue weighted by atomic mass is 16.6. The minimum absolute atomic E-state index is 0.0377. The van der Waals surface area contributed by atoms with Crippen molar-refractivity contribution < 1.29 is 14.3 Å². The summed E-state index contributed by atoms with van der Waals surface area (Å²) >= 11 is 0. The Morgan fingerprint density at radius 3 is 2.52 bits per heavy atom. The number of hydrogen-bond acceptors (Lipinski definition) is 3. The van der Waals surface area contributed by atoms with E-state index in [-0.39, 0.29) is 11.6 Å². The number of nitrogens with one attached hydrogen (secondary N) is 2. The highest BCUT2D eigenvalue weighted by Crippen LogP contribution is 2.47. The Morgan fingerprint density at radius 2 is 1.78 bits per heavy atom. The second-order valence-corrected chi connectivity index (χ2v) is 6.87. The molecule has 0 unspecified atom stereocenters. The number of urea groups is 1. The summed E-state index contributed by atoms with van der Waals surface area (Å²) in [6, 6.07) is 6.30. The van der Waals surface area contributed by atoms with Gasteiger partial charge in [-0.25, -0.2) is 4.79 Å². The zero-order valence-corrected chi connectivity index (χ0v) is 13.4. The molecule has 124 valence electrons. The summed E-state index contributed by atoms with van der Waals surface area (Å²) in [4.78, 5) is 12.4. The molecule has 4 rings (SSSR count). The predicted octanol–water partition coefficient (Wildman–Crippen LogP) is 3.08. The van der Waals surface area contributed by atoms with Crippen molar-refractivity contribution >= 4 is 6.03 Å². The van der Waals surface area contributed by atoms with Gasteiger partial charge in [0.15, 0.2) is 11.5 Å². The van der Waals surface area contributed by atoms with Gasteiger partial charge >= 0.3 is 6.03 Å². The predicted molar refractivity (Wildman–Crippen MR) is 86.9 cm³/mol. The van der Waals surface area contributed by atoms with E-state index < -0.39 is 0 Å². The molecule has 0 atom stereocenters. The Morgan fingerprint density at radius 1 is 1.04 bits per heavy atom. The quantitative estimate of drug-likeness (QED) is 0.901. The summed E-state index contributed by atoms with van der Waals surface area (Å²) in [6.45, 7) is 1.18. The molecule has 2 saturated carbocycles. The number of benzene rings is 1. The van der Waals surface area contributed by atoms with Crippen molar-refractivity contribution in [2.24, 2.45) is 0 Å². The van der Waals surface area contributed by atoms with Gasteiger partial charge in [0.1, 0.15) is 13.2 Å². The molecule has 0 bridgehead atoms. The van der Waals surface area contributed by atoms with Crippen LogP contribution in [0.1, 0.15) is 50.5 Å². The summed E-state index contributed by atoms with van der Waals surface area (Å²) in [7, 11) is 0. The van der Waals surface area contributed by atoms with E-state index in [4.69, 9.17) is 9.47 Å². The lowest BCUT2D eigenvalue weighted by Crippen LogP contribution is -2.46. The Labute approximate surface area is 136 Å². The molecule has 0 saturated heterocycles. The number of carbonyl (C=O) groups excluding carboxylic acids is 1. The Hall–Kier alpha value is -1.91. The fourth-order valence-electron chi connectivity index (χ4n) is 3.64. The minimum Gasteiger partial charge on any atom is -0.486 e. The summed E-state index contributed by atoms with van der Waals surface area (Å²) in [5, 5.41) is 6.33. The van der Waals surface area contributed by atoms with Gasteiger partial charge in [-0.1, -0.05) is 25.3 Å². The topological polar surface area (TPSA) is 59.6 Å². The molecule has 5 heteroatoms. The number of amides is 2. The standard InChI is InChI=1S/C18H24N2O3/c21-17(19-14-4-2-1-3-5-14)20-18(8-9-18)13-6-7-15-16(12-13)23-11-10-22-15/h6-7,12,14H,1-5,8-11H2,(H2,19,20,21). The van der Waals surface area contributed by atoms with Gasteiger partial charge in [-0.3, -0.25) is 0 Å². The highest BCUT2D eigenvalue weighted by Gasteiger charge is 2.46. The van der Waals surface area contributed by atoms with E-state index in [0.29, 0.717) is 19.3 Å². The molecule has 2 fully saturated rings. The third-order valence-corrected chi connectivity index (χ3v) is 5.14. The smallest absolute Gasteiger partial charge is 0.315 e. The number of hydrogen-bond donors (Lipinski definition) is 2.